The molecule has 1 atom stereocenters. The van der Waals surface area contributed by atoms with Crippen LogP contribution >= 0.6 is 11.8 Å². The molecule has 35 heavy (non-hydrogen) atoms. The van der Waals surface area contributed by atoms with Crippen LogP contribution in [0.5, 0.6) is 23.0 Å². The summed E-state index contributed by atoms with van der Waals surface area (Å²) in [5.41, 5.74) is 5.29. The van der Waals surface area contributed by atoms with Gasteiger partial charge in [-0.25, -0.2) is 0 Å². The largest absolute Gasteiger partial charge is 1.00 e. The van der Waals surface area contributed by atoms with Crippen LogP contribution in [0, 0.1) is 0 Å². The van der Waals surface area contributed by atoms with Crippen molar-refractivity contribution in [3.8, 4) is 34.3 Å². The number of methoxy groups -OCH3 is 3. The van der Waals surface area contributed by atoms with Crippen molar-refractivity contribution in [3.05, 3.63) is 42.0 Å². The fourth-order valence-corrected chi connectivity index (χ4v) is 5.85. The van der Waals surface area contributed by atoms with Gasteiger partial charge in [-0.3, -0.25) is 0 Å². The fraction of sp³-hybridized carbons (Fsp3) is 0.308. The lowest BCUT2D eigenvalue weighted by Crippen LogP contribution is -3.00. The Bertz CT molecular complexity index is 1500. The molecule has 0 fully saturated rings. The first-order valence-corrected chi connectivity index (χ1v) is 12.1. The molecule has 0 aliphatic carbocycles. The van der Waals surface area contributed by atoms with Gasteiger partial charge in [0.1, 0.15) is 23.2 Å². The van der Waals surface area contributed by atoms with E-state index < -0.39 is 0 Å². The van der Waals surface area contributed by atoms with Crippen molar-refractivity contribution in [1.82, 2.24) is 5.10 Å². The van der Waals surface area contributed by atoms with Crippen molar-refractivity contribution in [3.63, 3.8) is 0 Å². The van der Waals surface area contributed by atoms with Crippen LogP contribution in [-0.2, 0) is 13.0 Å². The van der Waals surface area contributed by atoms with Gasteiger partial charge in [-0.1, -0.05) is 11.3 Å². The molecule has 4 aromatic rings. The maximum absolute atomic E-state index is 6.42. The molecule has 182 valence electrons. The Morgan fingerprint density at radius 2 is 1.91 bits per heavy atom. The minimum absolute atomic E-state index is 0. The zero-order valence-corrected chi connectivity index (χ0v) is 21.5. The van der Waals surface area contributed by atoms with Crippen LogP contribution in [0.4, 0.5) is 0 Å². The lowest BCUT2D eigenvalue weighted by Gasteiger charge is -2.12. The van der Waals surface area contributed by atoms with Crippen LogP contribution in [0.15, 0.2) is 45.9 Å². The van der Waals surface area contributed by atoms with Gasteiger partial charge in [0, 0.05) is 34.1 Å². The molecule has 7 nitrogen and oxygen atoms in total. The highest BCUT2D eigenvalue weighted by Gasteiger charge is 2.35. The molecule has 2 aliphatic heterocycles. The number of thioether (sulfide) groups is 1. The Labute approximate surface area is 213 Å². The van der Waals surface area contributed by atoms with E-state index in [-0.39, 0.29) is 18.5 Å². The average molecular weight is 513 g/mol. The van der Waals surface area contributed by atoms with Gasteiger partial charge in [0.25, 0.3) is 0 Å². The molecule has 0 radical (unpaired) electrons. The monoisotopic (exact) mass is 512 g/mol. The summed E-state index contributed by atoms with van der Waals surface area (Å²) in [5, 5.41) is 7.97. The first kappa shape index (κ1) is 23.6. The summed E-state index contributed by atoms with van der Waals surface area (Å²) >= 11 is 1.75. The Morgan fingerprint density at radius 3 is 2.63 bits per heavy atom. The van der Waals surface area contributed by atoms with Crippen molar-refractivity contribution < 1.29 is 40.5 Å². The highest BCUT2D eigenvalue weighted by atomic mass is 35.5. The van der Waals surface area contributed by atoms with E-state index in [0.717, 1.165) is 79.6 Å². The number of aromatic nitrogens is 2. The Balaban J connectivity index is 0.00000253. The molecule has 0 N–H and O–H groups in total. The number of aryl methyl sites for hydroxylation is 1. The Morgan fingerprint density at radius 1 is 1.14 bits per heavy atom. The third-order valence-electron chi connectivity index (χ3n) is 6.51. The number of fused-ring (bicyclic) bond motifs is 6. The summed E-state index contributed by atoms with van der Waals surface area (Å²) < 4.78 is 31.6. The fourth-order valence-electron chi connectivity index (χ4n) is 4.84. The zero-order valence-electron chi connectivity index (χ0n) is 19.9. The van der Waals surface area contributed by atoms with E-state index in [1.807, 2.05) is 35.9 Å². The van der Waals surface area contributed by atoms with Crippen LogP contribution in [0.2, 0.25) is 0 Å². The molecule has 2 aromatic carbocycles. The molecular weight excluding hydrogens is 488 g/mol. The second-order valence-corrected chi connectivity index (χ2v) is 9.60. The predicted molar refractivity (Wildman–Crippen MR) is 130 cm³/mol. The number of benzene rings is 2. The smallest absolute Gasteiger partial charge is 0.309 e. The van der Waals surface area contributed by atoms with E-state index in [2.05, 4.69) is 6.58 Å². The summed E-state index contributed by atoms with van der Waals surface area (Å²) in [6, 6.07) is 7.86. The minimum Gasteiger partial charge on any atom is -1.00 e. The molecule has 0 bridgehead atoms. The van der Waals surface area contributed by atoms with Crippen LogP contribution in [0.25, 0.3) is 33.2 Å². The summed E-state index contributed by atoms with van der Waals surface area (Å²) in [4.78, 5) is 0. The van der Waals surface area contributed by atoms with Gasteiger partial charge in [0.05, 0.1) is 32.5 Å². The van der Waals surface area contributed by atoms with Gasteiger partial charge >= 0.3 is 5.03 Å². The molecule has 9 heteroatoms. The first-order valence-electron chi connectivity index (χ1n) is 11.1. The first-order chi connectivity index (χ1) is 16.5. The lowest BCUT2D eigenvalue weighted by atomic mass is 9.98. The van der Waals surface area contributed by atoms with Crippen molar-refractivity contribution in [2.45, 2.75) is 31.0 Å². The van der Waals surface area contributed by atoms with E-state index in [1.54, 1.807) is 33.1 Å². The normalized spacial score (nSPS) is 15.9. The third-order valence-corrected chi connectivity index (χ3v) is 7.56. The number of halogens is 1. The number of rotatable bonds is 5. The van der Waals surface area contributed by atoms with Crippen molar-refractivity contribution >= 4 is 33.7 Å². The van der Waals surface area contributed by atoms with Crippen molar-refractivity contribution in [1.29, 1.82) is 0 Å². The zero-order chi connectivity index (χ0) is 23.6. The molecular formula is C26H25ClN2O5S. The van der Waals surface area contributed by atoms with Crippen molar-refractivity contribution in [2.75, 3.05) is 27.1 Å². The van der Waals surface area contributed by atoms with E-state index in [0.29, 0.717) is 11.5 Å². The Hall–Kier alpha value is -3.10. The molecule has 4 heterocycles. The van der Waals surface area contributed by atoms with Gasteiger partial charge in [-0.15, -0.1) is 0 Å². The van der Waals surface area contributed by atoms with E-state index in [9.17, 15) is 0 Å². The summed E-state index contributed by atoms with van der Waals surface area (Å²) in [6.45, 7) is 6.89. The molecule has 2 aromatic heterocycles. The molecule has 0 spiro atoms. The van der Waals surface area contributed by atoms with Crippen molar-refractivity contribution in [2.24, 2.45) is 0 Å². The highest BCUT2D eigenvalue weighted by Crippen LogP contribution is 2.48. The maximum atomic E-state index is 6.42. The average Bonchev–Trinajstić information content (AvgIpc) is 3.57. The third kappa shape index (κ3) is 3.50. The van der Waals surface area contributed by atoms with E-state index in [4.69, 9.17) is 28.5 Å². The minimum atomic E-state index is -0.0515. The summed E-state index contributed by atoms with van der Waals surface area (Å²) in [5.74, 6) is 3.82. The second-order valence-electron chi connectivity index (χ2n) is 8.51. The molecule has 0 saturated heterocycles. The second kappa shape index (κ2) is 8.84. The van der Waals surface area contributed by atoms with Gasteiger partial charge in [0.15, 0.2) is 23.7 Å². The van der Waals surface area contributed by atoms with Gasteiger partial charge in [-0.2, -0.15) is 0 Å². The number of nitrogens with zero attached hydrogens (tertiary/aromatic N) is 2. The van der Waals surface area contributed by atoms with Crippen LogP contribution in [0.1, 0.15) is 12.5 Å². The van der Waals surface area contributed by atoms with Gasteiger partial charge < -0.3 is 35.8 Å². The molecule has 2 aliphatic rings. The Kier molecular flexibility index (Phi) is 5.97. The summed E-state index contributed by atoms with van der Waals surface area (Å²) in [7, 11) is 4.95. The predicted octanol–water partition coefficient (Wildman–Crippen LogP) is 1.95. The maximum Gasteiger partial charge on any atom is 0.309 e. The number of furan rings is 1. The standard InChI is InChI=1S/C26H25N2O5S.ClH/c1-13(2)18-11-16-17(32-18)7-6-14(24(16)31-5)23-22-15-10-20(29-3)21(30-4)12-19(15)33-25(22)26-28(27-23)8-9-34-26;/h6-7,10,12,18H,1,8-9,11H2,2-5H3;1H/q+1;/p-1/t18-;/m1./s1. The SMILES string of the molecule is C=C(C)[C@H]1Cc2c(ccc(-c3n[n+]4c(c5oc6cc(OC)c(OC)cc6c35)SCC4)c2OC)O1.[Cl-]. The molecule has 0 unspecified atom stereocenters. The molecule has 0 saturated carbocycles. The van der Waals surface area contributed by atoms with Crippen LogP contribution in [-0.4, -0.2) is 38.3 Å². The highest BCUT2D eigenvalue weighted by molar-refractivity contribution is 7.99. The number of hydrogen-bond acceptors (Lipinski definition) is 7. The topological polar surface area (TPSA) is 66.8 Å². The quantitative estimate of drug-likeness (QED) is 0.299. The number of hydrogen-bond donors (Lipinski definition) is 0. The van der Waals surface area contributed by atoms with Gasteiger partial charge in [0.2, 0.25) is 5.58 Å². The van der Waals surface area contributed by atoms with E-state index in [1.165, 1.54) is 0 Å². The van der Waals surface area contributed by atoms with Gasteiger partial charge in [-0.05, 0) is 42.5 Å². The van der Waals surface area contributed by atoms with Crippen LogP contribution < -0.4 is 36.0 Å². The van der Waals surface area contributed by atoms with Crippen LogP contribution in [0.3, 0.4) is 0 Å². The number of ether oxygens (including phenoxy) is 4. The summed E-state index contributed by atoms with van der Waals surface area (Å²) in [6.07, 6.45) is 0.667. The molecule has 6 rings (SSSR count). The lowest BCUT2D eigenvalue weighted by molar-refractivity contribution is -0.776. The molecule has 0 amide bonds. The van der Waals surface area contributed by atoms with E-state index >= 15 is 0 Å².